The first-order valence-corrected chi connectivity index (χ1v) is 15.2. The van der Waals surface area contributed by atoms with Crippen LogP contribution >= 0.6 is 11.8 Å². The first-order chi connectivity index (χ1) is 21.7. The fourth-order valence-electron chi connectivity index (χ4n) is 4.24. The average molecular weight is 671 g/mol. The first-order valence-electron chi connectivity index (χ1n) is 14.2. The second kappa shape index (κ2) is 18.1. The number of imide groups is 1. The predicted octanol–water partition coefficient (Wildman–Crippen LogP) is -5.79. The number of hydrogen-bond donors (Lipinski definition) is 9. The van der Waals surface area contributed by atoms with Crippen molar-refractivity contribution in [1.82, 2.24) is 36.8 Å². The van der Waals surface area contributed by atoms with Gasteiger partial charge in [-0.05, 0) is 19.8 Å². The monoisotopic (exact) mass is 670 g/mol. The third kappa shape index (κ3) is 12.2. The van der Waals surface area contributed by atoms with Gasteiger partial charge in [-0.3, -0.25) is 48.2 Å². The van der Waals surface area contributed by atoms with Crippen molar-refractivity contribution >= 4 is 70.9 Å². The number of nitrogens with one attached hydrogen (secondary N) is 6. The van der Waals surface area contributed by atoms with Crippen LogP contribution in [0.3, 0.4) is 0 Å². The van der Waals surface area contributed by atoms with Gasteiger partial charge in [-0.25, -0.2) is 4.79 Å². The van der Waals surface area contributed by atoms with E-state index in [1.165, 1.54) is 0 Å². The van der Waals surface area contributed by atoms with Crippen molar-refractivity contribution in [1.29, 1.82) is 0 Å². The molecule has 4 atom stereocenters. The van der Waals surface area contributed by atoms with Gasteiger partial charge in [0.1, 0.15) is 18.1 Å². The van der Waals surface area contributed by atoms with Crippen molar-refractivity contribution in [2.75, 3.05) is 38.5 Å². The molecule has 8 amide bonds. The Morgan fingerprint density at radius 2 is 1.41 bits per heavy atom. The maximum Gasteiger partial charge on any atom is 0.326 e. The lowest BCUT2D eigenvalue weighted by atomic mass is 10.1. The molecule has 254 valence electrons. The zero-order valence-corrected chi connectivity index (χ0v) is 25.8. The zero-order valence-electron chi connectivity index (χ0n) is 25.0. The van der Waals surface area contributed by atoms with Crippen molar-refractivity contribution in [2.45, 2.75) is 56.0 Å². The van der Waals surface area contributed by atoms with E-state index >= 15 is 0 Å². The number of guanidine groups is 1. The molecule has 0 bridgehead atoms. The maximum atomic E-state index is 13.0. The fourth-order valence-corrected chi connectivity index (χ4v) is 5.43. The Hall–Kier alpha value is -4.95. The van der Waals surface area contributed by atoms with Crippen molar-refractivity contribution in [3.63, 3.8) is 0 Å². The fraction of sp³-hybridized carbons (Fsp3) is 0.600. The summed E-state index contributed by atoms with van der Waals surface area (Å²) in [6, 6.07) is -4.29. The minimum Gasteiger partial charge on any atom is -0.480 e. The quantitative estimate of drug-likeness (QED) is 0.0478. The molecule has 2 saturated heterocycles. The van der Waals surface area contributed by atoms with Gasteiger partial charge in [-0.15, -0.1) is 11.8 Å². The van der Waals surface area contributed by atoms with Gasteiger partial charge in [0.15, 0.2) is 5.96 Å². The molecule has 1 unspecified atom stereocenters. The molecule has 2 heterocycles. The summed E-state index contributed by atoms with van der Waals surface area (Å²) in [5.41, 5.74) is 10.6. The van der Waals surface area contributed by atoms with Crippen molar-refractivity contribution in [3.05, 3.63) is 0 Å². The number of hydrogen-bond acceptors (Lipinski definition) is 11. The Labute approximate surface area is 266 Å². The molecule has 0 aromatic carbocycles. The number of amides is 8. The lowest BCUT2D eigenvalue weighted by Gasteiger charge is -2.21. The largest absolute Gasteiger partial charge is 0.480 e. The molecule has 0 aromatic heterocycles. The number of aliphatic imine (C=N–C) groups is 1. The number of carbonyl (C=O) groups is 9. The molecule has 2 aliphatic rings. The highest BCUT2D eigenvalue weighted by Crippen LogP contribution is 2.25. The van der Waals surface area contributed by atoms with Crippen LogP contribution in [0.4, 0.5) is 0 Å². The van der Waals surface area contributed by atoms with Crippen LogP contribution in [0.25, 0.3) is 0 Å². The number of aliphatic carboxylic acids is 1. The molecule has 46 heavy (non-hydrogen) atoms. The number of carbonyl (C=O) groups excluding carboxylic acids is 8. The first kappa shape index (κ1) is 37.2. The van der Waals surface area contributed by atoms with Gasteiger partial charge in [0.2, 0.25) is 47.3 Å². The number of carboxylic acids is 1. The summed E-state index contributed by atoms with van der Waals surface area (Å²) in [6.07, 6.45) is -0.630. The molecule has 2 aliphatic heterocycles. The van der Waals surface area contributed by atoms with E-state index in [0.717, 1.165) is 16.7 Å². The molecule has 0 saturated carbocycles. The maximum absolute atomic E-state index is 13.0. The molecule has 11 N–H and O–H groups in total. The summed E-state index contributed by atoms with van der Waals surface area (Å²) >= 11 is 0.932. The third-order valence-electron chi connectivity index (χ3n) is 6.55. The highest BCUT2D eigenvalue weighted by Gasteiger charge is 2.38. The van der Waals surface area contributed by atoms with Crippen LogP contribution in [0, 0.1) is 0 Å². The second-order valence-corrected chi connectivity index (χ2v) is 11.3. The Morgan fingerprint density at radius 1 is 0.848 bits per heavy atom. The van der Waals surface area contributed by atoms with E-state index in [9.17, 15) is 48.3 Å². The minimum atomic E-state index is -1.72. The van der Waals surface area contributed by atoms with E-state index in [0.29, 0.717) is 0 Å². The van der Waals surface area contributed by atoms with Crippen LogP contribution in [-0.4, -0.2) is 131 Å². The summed E-state index contributed by atoms with van der Waals surface area (Å²) in [4.78, 5) is 117. The zero-order chi connectivity index (χ0) is 34.4. The Balaban J connectivity index is 2.24. The number of likely N-dealkylation sites (tertiary alicyclic amines) is 1. The van der Waals surface area contributed by atoms with E-state index in [1.807, 2.05) is 0 Å². The summed E-state index contributed by atoms with van der Waals surface area (Å²) in [6.45, 7) is -0.121. The smallest absolute Gasteiger partial charge is 0.326 e. The molecule has 20 nitrogen and oxygen atoms in total. The van der Waals surface area contributed by atoms with Crippen LogP contribution in [0.2, 0.25) is 0 Å². The average Bonchev–Trinajstić information content (AvgIpc) is 3.27. The summed E-state index contributed by atoms with van der Waals surface area (Å²) in [5.74, 6) is -8.04. The second-order valence-electron chi connectivity index (χ2n) is 10.1. The number of carboxylic acid groups (broad SMARTS) is 1. The molecule has 0 aromatic rings. The lowest BCUT2D eigenvalue weighted by Crippen LogP contribution is -2.54. The molecular formula is C25H38N10O10S. The minimum absolute atomic E-state index is 0.0155. The molecule has 0 aliphatic carbocycles. The van der Waals surface area contributed by atoms with Gasteiger partial charge in [0.25, 0.3) is 0 Å². The number of thioether (sulfide) groups is 1. The van der Waals surface area contributed by atoms with Crippen LogP contribution < -0.4 is 43.4 Å². The van der Waals surface area contributed by atoms with Gasteiger partial charge in [0, 0.05) is 25.3 Å². The van der Waals surface area contributed by atoms with Gasteiger partial charge in [-0.1, -0.05) is 0 Å². The van der Waals surface area contributed by atoms with Crippen LogP contribution in [0.15, 0.2) is 4.99 Å². The Morgan fingerprint density at radius 3 is 1.98 bits per heavy atom. The molecular weight excluding hydrogens is 632 g/mol. The number of nitrogens with two attached hydrogens (primary N) is 2. The van der Waals surface area contributed by atoms with E-state index in [-0.39, 0.29) is 50.0 Å². The van der Waals surface area contributed by atoms with Gasteiger partial charge >= 0.3 is 5.97 Å². The van der Waals surface area contributed by atoms with Gasteiger partial charge < -0.3 is 48.5 Å². The van der Waals surface area contributed by atoms with Crippen molar-refractivity contribution in [3.8, 4) is 0 Å². The van der Waals surface area contributed by atoms with E-state index in [1.54, 1.807) is 6.92 Å². The van der Waals surface area contributed by atoms with Crippen LogP contribution in [0.5, 0.6) is 0 Å². The summed E-state index contributed by atoms with van der Waals surface area (Å²) in [5, 5.41) is 22.3. The normalized spacial score (nSPS) is 24.2. The topological polar surface area (TPSA) is 314 Å². The van der Waals surface area contributed by atoms with Gasteiger partial charge in [-0.2, -0.15) is 0 Å². The van der Waals surface area contributed by atoms with E-state index in [4.69, 9.17) is 11.5 Å². The molecule has 21 heteroatoms. The molecule has 2 fully saturated rings. The third-order valence-corrected chi connectivity index (χ3v) is 7.84. The summed E-state index contributed by atoms with van der Waals surface area (Å²) in [7, 11) is 0. The van der Waals surface area contributed by atoms with Crippen LogP contribution in [-0.2, 0) is 43.2 Å². The van der Waals surface area contributed by atoms with E-state index < -0.39 is 96.8 Å². The van der Waals surface area contributed by atoms with Crippen molar-refractivity contribution < 1.29 is 48.3 Å². The predicted molar refractivity (Wildman–Crippen MR) is 160 cm³/mol. The summed E-state index contributed by atoms with van der Waals surface area (Å²) < 4.78 is 0. The SMILES string of the molecule is CCN1C(=O)CC(SC[C@@H]2NC(=O)CNC(=O)[C@H](CCCN=C(N)N)NC(=O)CNC(=O)C[C@@H](C(=O)O)NC(=O)CNC2=O)C1=O. The molecule has 0 radical (unpaired) electrons. The Kier molecular flexibility index (Phi) is 14.7. The number of rotatable bonds is 9. The molecule has 0 spiro atoms. The van der Waals surface area contributed by atoms with Crippen LogP contribution in [0.1, 0.15) is 32.6 Å². The molecule has 2 rings (SSSR count). The van der Waals surface area contributed by atoms with Gasteiger partial charge in [0.05, 0.1) is 31.3 Å². The Bertz CT molecular complexity index is 1260. The standard InChI is InChI=1S/C25H38N10O10S/c1-2-35-20(40)7-15(23(35)43)46-11-14-22(42)31-9-18(38)33-13(24(44)45)6-16(36)29-8-17(37)32-12(4-3-5-28-25(26)27)21(41)30-10-19(39)34-14/h12-15H,2-11H2,1H3,(H,29,36)(H,30,41)(H,31,42)(H,32,37)(H,33,38)(H,34,39)(H,44,45)(H4,26,27,28)/t12-,13-,14-,15?/m0/s1. The van der Waals surface area contributed by atoms with E-state index in [2.05, 4.69) is 36.9 Å². The lowest BCUT2D eigenvalue weighted by molar-refractivity contribution is -0.143. The number of nitrogens with zero attached hydrogens (tertiary/aromatic N) is 2. The highest BCUT2D eigenvalue weighted by molar-refractivity contribution is 8.00. The highest BCUT2D eigenvalue weighted by atomic mass is 32.2. The van der Waals surface area contributed by atoms with Crippen molar-refractivity contribution in [2.24, 2.45) is 16.5 Å².